The molecule has 0 saturated heterocycles. The molecule has 0 aromatic heterocycles. The van der Waals surface area contributed by atoms with Gasteiger partial charge in [0.25, 0.3) is 0 Å². The summed E-state index contributed by atoms with van der Waals surface area (Å²) in [5.74, 6) is 0.359. The molecule has 2 aliphatic rings. The number of carboxylic acid groups (broad SMARTS) is 1. The second-order valence-electron chi connectivity index (χ2n) is 7.45. The van der Waals surface area contributed by atoms with Gasteiger partial charge in [-0.3, -0.25) is 9.59 Å². The van der Waals surface area contributed by atoms with Crippen molar-refractivity contribution in [2.45, 2.75) is 51.4 Å². The van der Waals surface area contributed by atoms with Gasteiger partial charge >= 0.3 is 5.97 Å². The molecule has 4 nitrogen and oxygen atoms in total. The second-order valence-corrected chi connectivity index (χ2v) is 7.45. The molecule has 1 N–H and O–H groups in total. The Morgan fingerprint density at radius 3 is 2.74 bits per heavy atom. The van der Waals surface area contributed by atoms with Crippen molar-refractivity contribution in [3.8, 4) is 5.75 Å². The first-order chi connectivity index (χ1) is 10.8. The molecule has 0 aliphatic heterocycles. The summed E-state index contributed by atoms with van der Waals surface area (Å²) in [6.45, 7) is 3.97. The summed E-state index contributed by atoms with van der Waals surface area (Å²) in [5.41, 5.74) is 1.26. The Kier molecular flexibility index (Phi) is 3.74. The molecule has 4 heteroatoms. The second kappa shape index (κ2) is 5.36. The van der Waals surface area contributed by atoms with E-state index >= 15 is 0 Å². The van der Waals surface area contributed by atoms with Crippen LogP contribution in [0.3, 0.4) is 0 Å². The number of carboxylic acids is 1. The normalized spacial score (nSPS) is 28.7. The van der Waals surface area contributed by atoms with E-state index in [1.54, 1.807) is 7.11 Å². The van der Waals surface area contributed by atoms with Crippen LogP contribution in [0.25, 0.3) is 0 Å². The number of hydrogen-bond donors (Lipinski definition) is 1. The van der Waals surface area contributed by atoms with Crippen LogP contribution in [-0.4, -0.2) is 24.0 Å². The Labute approximate surface area is 136 Å². The maximum absolute atomic E-state index is 12.5. The lowest BCUT2D eigenvalue weighted by Gasteiger charge is -2.54. The molecule has 2 aliphatic carbocycles. The smallest absolute Gasteiger partial charge is 0.304 e. The average Bonchev–Trinajstić information content (AvgIpc) is 2.50. The van der Waals surface area contributed by atoms with E-state index < -0.39 is 16.8 Å². The Morgan fingerprint density at radius 1 is 1.35 bits per heavy atom. The molecule has 2 unspecified atom stereocenters. The molecule has 124 valence electrons. The van der Waals surface area contributed by atoms with E-state index in [1.807, 2.05) is 32.0 Å². The summed E-state index contributed by atoms with van der Waals surface area (Å²) in [7, 11) is 1.65. The SMILES string of the molecule is COc1cccc2c1CCC1C(C)(C)C(=O)CCC21CC(=O)O. The van der Waals surface area contributed by atoms with Gasteiger partial charge in [-0.1, -0.05) is 26.0 Å². The minimum atomic E-state index is -0.796. The zero-order valence-electron chi connectivity index (χ0n) is 14.0. The molecule has 0 spiro atoms. The number of ketones is 1. The molecule has 1 fully saturated rings. The van der Waals surface area contributed by atoms with Gasteiger partial charge in [0, 0.05) is 17.3 Å². The largest absolute Gasteiger partial charge is 0.496 e. The fourth-order valence-corrected chi connectivity index (χ4v) is 5.02. The molecule has 0 heterocycles. The fourth-order valence-electron chi connectivity index (χ4n) is 5.02. The van der Waals surface area contributed by atoms with Crippen molar-refractivity contribution in [3.63, 3.8) is 0 Å². The van der Waals surface area contributed by atoms with Crippen molar-refractivity contribution in [1.29, 1.82) is 0 Å². The molecule has 1 aromatic carbocycles. The number of fused-ring (bicyclic) bond motifs is 3. The number of aliphatic carboxylic acids is 1. The third-order valence-electron chi connectivity index (χ3n) is 6.09. The van der Waals surface area contributed by atoms with E-state index in [9.17, 15) is 14.7 Å². The van der Waals surface area contributed by atoms with Gasteiger partial charge < -0.3 is 9.84 Å². The third kappa shape index (κ3) is 2.27. The van der Waals surface area contributed by atoms with Gasteiger partial charge in [-0.25, -0.2) is 0 Å². The van der Waals surface area contributed by atoms with Crippen LogP contribution in [-0.2, 0) is 21.4 Å². The van der Waals surface area contributed by atoms with Crippen LogP contribution in [0.5, 0.6) is 5.75 Å². The molecule has 1 aromatic rings. The Balaban J connectivity index is 2.21. The number of benzene rings is 1. The fraction of sp³-hybridized carbons (Fsp3) is 0.579. The van der Waals surface area contributed by atoms with E-state index in [1.165, 1.54) is 0 Å². The minimum Gasteiger partial charge on any atom is -0.496 e. The van der Waals surface area contributed by atoms with Gasteiger partial charge in [0.05, 0.1) is 13.5 Å². The third-order valence-corrected chi connectivity index (χ3v) is 6.09. The van der Waals surface area contributed by atoms with Gasteiger partial charge in [0.2, 0.25) is 0 Å². The van der Waals surface area contributed by atoms with Crippen molar-refractivity contribution in [2.24, 2.45) is 11.3 Å². The van der Waals surface area contributed by atoms with Gasteiger partial charge in [-0.05, 0) is 42.4 Å². The summed E-state index contributed by atoms with van der Waals surface area (Å²) < 4.78 is 5.50. The van der Waals surface area contributed by atoms with Crippen molar-refractivity contribution >= 4 is 11.8 Å². The summed E-state index contributed by atoms with van der Waals surface area (Å²) in [6.07, 6.45) is 2.82. The first-order valence-corrected chi connectivity index (χ1v) is 8.24. The van der Waals surface area contributed by atoms with Crippen LogP contribution in [0, 0.1) is 11.3 Å². The zero-order valence-corrected chi connectivity index (χ0v) is 14.0. The maximum atomic E-state index is 12.5. The van der Waals surface area contributed by atoms with Crippen LogP contribution in [0.15, 0.2) is 18.2 Å². The highest BCUT2D eigenvalue weighted by atomic mass is 16.5. The Morgan fingerprint density at radius 2 is 2.09 bits per heavy atom. The number of rotatable bonds is 3. The highest BCUT2D eigenvalue weighted by Gasteiger charge is 2.56. The van der Waals surface area contributed by atoms with E-state index in [-0.39, 0.29) is 18.1 Å². The maximum Gasteiger partial charge on any atom is 0.304 e. The van der Waals surface area contributed by atoms with Crippen molar-refractivity contribution in [3.05, 3.63) is 29.3 Å². The quantitative estimate of drug-likeness (QED) is 0.928. The van der Waals surface area contributed by atoms with Gasteiger partial charge in [-0.2, -0.15) is 0 Å². The van der Waals surface area contributed by atoms with Crippen molar-refractivity contribution in [2.75, 3.05) is 7.11 Å². The van der Waals surface area contributed by atoms with Crippen LogP contribution in [0.4, 0.5) is 0 Å². The van der Waals surface area contributed by atoms with E-state index in [4.69, 9.17) is 4.74 Å². The van der Waals surface area contributed by atoms with E-state index in [0.29, 0.717) is 12.8 Å². The van der Waals surface area contributed by atoms with Crippen LogP contribution in [0.2, 0.25) is 0 Å². The molecule has 2 atom stereocenters. The lowest BCUT2D eigenvalue weighted by Crippen LogP contribution is -2.54. The predicted octanol–water partition coefficient (Wildman–Crippen LogP) is 3.36. The van der Waals surface area contributed by atoms with Gasteiger partial charge in [-0.15, -0.1) is 0 Å². The number of methoxy groups -OCH3 is 1. The van der Waals surface area contributed by atoms with Gasteiger partial charge in [0.15, 0.2) is 0 Å². The van der Waals surface area contributed by atoms with Crippen molar-refractivity contribution in [1.82, 2.24) is 0 Å². The highest BCUT2D eigenvalue weighted by Crippen LogP contribution is 2.58. The lowest BCUT2D eigenvalue weighted by atomic mass is 9.48. The highest BCUT2D eigenvalue weighted by molar-refractivity contribution is 5.86. The van der Waals surface area contributed by atoms with E-state index in [0.717, 1.165) is 29.7 Å². The predicted molar refractivity (Wildman–Crippen MR) is 86.8 cm³/mol. The first kappa shape index (κ1) is 16.0. The number of carbonyl (C=O) groups excluding carboxylic acids is 1. The molecular weight excluding hydrogens is 292 g/mol. The first-order valence-electron chi connectivity index (χ1n) is 8.24. The zero-order chi connectivity index (χ0) is 16.8. The molecule has 3 rings (SSSR count). The molecule has 0 amide bonds. The number of ether oxygens (including phenoxy) is 1. The summed E-state index contributed by atoms with van der Waals surface area (Å²) in [5, 5.41) is 9.57. The molecule has 0 radical (unpaired) electrons. The topological polar surface area (TPSA) is 63.6 Å². The summed E-state index contributed by atoms with van der Waals surface area (Å²) in [6, 6.07) is 5.92. The van der Waals surface area contributed by atoms with Crippen LogP contribution < -0.4 is 4.74 Å². The number of Topliss-reactive ketones (excluding diaryl/α,β-unsaturated/α-hetero) is 1. The number of hydrogen-bond acceptors (Lipinski definition) is 3. The van der Waals surface area contributed by atoms with Crippen molar-refractivity contribution < 1.29 is 19.4 Å². The van der Waals surface area contributed by atoms with Crippen LogP contribution in [0.1, 0.15) is 50.7 Å². The standard InChI is InChI=1S/C19H24O4/c1-18(2)15-8-7-12-13(5-4-6-14(12)23-3)19(15,11-17(21)22)10-9-16(18)20/h4-6,15H,7-11H2,1-3H3,(H,21,22). The lowest BCUT2D eigenvalue weighted by molar-refractivity contribution is -0.146. The molecule has 1 saturated carbocycles. The molecule has 0 bridgehead atoms. The van der Waals surface area contributed by atoms with Gasteiger partial charge in [0.1, 0.15) is 11.5 Å². The van der Waals surface area contributed by atoms with Crippen LogP contribution >= 0.6 is 0 Å². The van der Waals surface area contributed by atoms with E-state index in [2.05, 4.69) is 0 Å². The molecular formula is C19H24O4. The summed E-state index contributed by atoms with van der Waals surface area (Å²) in [4.78, 5) is 24.1. The molecule has 23 heavy (non-hydrogen) atoms. The average molecular weight is 316 g/mol. The Bertz CT molecular complexity index is 661. The Hall–Kier alpha value is -1.84. The summed E-state index contributed by atoms with van der Waals surface area (Å²) >= 11 is 0. The monoisotopic (exact) mass is 316 g/mol. The minimum absolute atomic E-state index is 0.0620. The number of carbonyl (C=O) groups is 2.